The summed E-state index contributed by atoms with van der Waals surface area (Å²) in [4.78, 5) is 8.50. The first kappa shape index (κ1) is 14.0. The van der Waals surface area contributed by atoms with E-state index >= 15 is 0 Å². The maximum Gasteiger partial charge on any atom is 0.220 e. The topological polar surface area (TPSA) is 44.2 Å². The Labute approximate surface area is 121 Å². The molecule has 2 rings (SSSR count). The van der Waals surface area contributed by atoms with Crippen molar-refractivity contribution in [2.24, 2.45) is 0 Å². The fraction of sp³-hybridized carbons (Fsp3) is 0.231. The van der Waals surface area contributed by atoms with Gasteiger partial charge in [-0.2, -0.15) is 9.97 Å². The van der Waals surface area contributed by atoms with Gasteiger partial charge in [-0.15, -0.1) is 0 Å². The first-order valence-electron chi connectivity index (χ1n) is 5.56. The van der Waals surface area contributed by atoms with Crippen molar-refractivity contribution in [3.05, 3.63) is 40.9 Å². The Bertz CT molecular complexity index is 544. The molecule has 0 amide bonds. The Balaban J connectivity index is 2.13. The van der Waals surface area contributed by atoms with E-state index in [0.717, 1.165) is 10.6 Å². The minimum absolute atomic E-state index is 0.480. The van der Waals surface area contributed by atoms with Gasteiger partial charge in [-0.25, -0.2) is 0 Å². The zero-order valence-electron chi connectivity index (χ0n) is 10.6. The number of hydrogen-bond acceptors (Lipinski definition) is 5. The van der Waals surface area contributed by atoms with Crippen LogP contribution in [0.2, 0.25) is 5.02 Å². The van der Waals surface area contributed by atoms with Gasteiger partial charge in [0.1, 0.15) is 0 Å². The second-order valence-electron chi connectivity index (χ2n) is 3.62. The Morgan fingerprint density at radius 2 is 1.74 bits per heavy atom. The summed E-state index contributed by atoms with van der Waals surface area (Å²) in [6.07, 6.45) is 0. The molecule has 19 heavy (non-hydrogen) atoms. The van der Waals surface area contributed by atoms with Crippen LogP contribution < -0.4 is 9.47 Å². The summed E-state index contributed by atoms with van der Waals surface area (Å²) in [5, 5.41) is 1.33. The van der Waals surface area contributed by atoms with Crippen LogP contribution in [0.5, 0.6) is 11.8 Å². The number of aromatic nitrogens is 2. The fourth-order valence-corrected chi connectivity index (χ4v) is 2.54. The first-order valence-corrected chi connectivity index (χ1v) is 6.92. The van der Waals surface area contributed by atoms with Gasteiger partial charge in [0, 0.05) is 10.8 Å². The molecular formula is C13H13ClN2O2S. The van der Waals surface area contributed by atoms with Crippen LogP contribution in [0.1, 0.15) is 5.56 Å². The van der Waals surface area contributed by atoms with Crippen LogP contribution in [0, 0.1) is 0 Å². The Hall–Kier alpha value is -1.46. The lowest BCUT2D eigenvalue weighted by molar-refractivity contribution is 0.364. The number of halogens is 1. The van der Waals surface area contributed by atoms with Crippen molar-refractivity contribution in [2.45, 2.75) is 10.9 Å². The van der Waals surface area contributed by atoms with Crippen molar-refractivity contribution in [2.75, 3.05) is 14.2 Å². The molecule has 0 unspecified atom stereocenters. The third-order valence-electron chi connectivity index (χ3n) is 2.39. The normalized spacial score (nSPS) is 10.3. The SMILES string of the molecule is COc1cc(OC)nc(SCc2ccccc2Cl)n1. The highest BCUT2D eigenvalue weighted by Gasteiger charge is 2.07. The smallest absolute Gasteiger partial charge is 0.220 e. The van der Waals surface area contributed by atoms with Crippen LogP contribution in [0.25, 0.3) is 0 Å². The molecule has 0 N–H and O–H groups in total. The van der Waals surface area contributed by atoms with Crippen molar-refractivity contribution >= 4 is 23.4 Å². The summed E-state index contributed by atoms with van der Waals surface area (Å²) in [6.45, 7) is 0. The molecule has 0 saturated heterocycles. The molecule has 1 heterocycles. The predicted octanol–water partition coefficient (Wildman–Crippen LogP) is 3.44. The van der Waals surface area contributed by atoms with Gasteiger partial charge in [-0.1, -0.05) is 41.6 Å². The molecule has 0 saturated carbocycles. The van der Waals surface area contributed by atoms with Crippen LogP contribution in [-0.4, -0.2) is 24.2 Å². The second-order valence-corrected chi connectivity index (χ2v) is 4.97. The van der Waals surface area contributed by atoms with E-state index in [2.05, 4.69) is 9.97 Å². The molecule has 6 heteroatoms. The highest BCUT2D eigenvalue weighted by atomic mass is 35.5. The molecule has 0 bridgehead atoms. The Morgan fingerprint density at radius 3 is 2.32 bits per heavy atom. The molecule has 100 valence electrons. The van der Waals surface area contributed by atoms with Crippen molar-refractivity contribution < 1.29 is 9.47 Å². The highest BCUT2D eigenvalue weighted by molar-refractivity contribution is 7.98. The molecule has 0 atom stereocenters. The van der Waals surface area contributed by atoms with Crippen LogP contribution in [0.3, 0.4) is 0 Å². The zero-order chi connectivity index (χ0) is 13.7. The van der Waals surface area contributed by atoms with E-state index < -0.39 is 0 Å². The minimum Gasteiger partial charge on any atom is -0.481 e. The average molecular weight is 297 g/mol. The van der Waals surface area contributed by atoms with E-state index in [0.29, 0.717) is 22.7 Å². The van der Waals surface area contributed by atoms with E-state index in [1.54, 1.807) is 20.3 Å². The molecular weight excluding hydrogens is 284 g/mol. The average Bonchev–Trinajstić information content (AvgIpc) is 2.46. The van der Waals surface area contributed by atoms with Gasteiger partial charge in [0.2, 0.25) is 11.8 Å². The minimum atomic E-state index is 0.480. The maximum atomic E-state index is 6.10. The van der Waals surface area contributed by atoms with E-state index in [1.165, 1.54) is 11.8 Å². The summed E-state index contributed by atoms with van der Waals surface area (Å²) in [7, 11) is 3.12. The van der Waals surface area contributed by atoms with Gasteiger partial charge in [0.25, 0.3) is 0 Å². The number of methoxy groups -OCH3 is 2. The largest absolute Gasteiger partial charge is 0.481 e. The van der Waals surface area contributed by atoms with E-state index in [4.69, 9.17) is 21.1 Å². The molecule has 0 aliphatic carbocycles. The van der Waals surface area contributed by atoms with Crippen molar-refractivity contribution in [1.29, 1.82) is 0 Å². The molecule has 2 aromatic rings. The summed E-state index contributed by atoms with van der Waals surface area (Å²) in [6, 6.07) is 9.34. The van der Waals surface area contributed by atoms with Gasteiger partial charge < -0.3 is 9.47 Å². The van der Waals surface area contributed by atoms with Crippen molar-refractivity contribution in [3.63, 3.8) is 0 Å². The predicted molar refractivity (Wildman–Crippen MR) is 76.1 cm³/mol. The molecule has 1 aromatic carbocycles. The molecule has 1 aromatic heterocycles. The van der Waals surface area contributed by atoms with Crippen LogP contribution in [0.4, 0.5) is 0 Å². The van der Waals surface area contributed by atoms with E-state index in [-0.39, 0.29) is 0 Å². The number of ether oxygens (including phenoxy) is 2. The summed E-state index contributed by atoms with van der Waals surface area (Å²) in [5.74, 6) is 1.65. The summed E-state index contributed by atoms with van der Waals surface area (Å²) < 4.78 is 10.2. The lowest BCUT2D eigenvalue weighted by atomic mass is 10.2. The Kier molecular flexibility index (Phi) is 4.87. The standard InChI is InChI=1S/C13H13ClN2O2S/c1-17-11-7-12(18-2)16-13(15-11)19-8-9-5-3-4-6-10(9)14/h3-7H,8H2,1-2H3. The monoisotopic (exact) mass is 296 g/mol. The Morgan fingerprint density at radius 1 is 1.11 bits per heavy atom. The first-order chi connectivity index (χ1) is 9.22. The number of hydrogen-bond donors (Lipinski definition) is 0. The van der Waals surface area contributed by atoms with Crippen molar-refractivity contribution in [3.8, 4) is 11.8 Å². The van der Waals surface area contributed by atoms with Crippen LogP contribution in [0.15, 0.2) is 35.5 Å². The van der Waals surface area contributed by atoms with Gasteiger partial charge in [0.05, 0.1) is 20.3 Å². The number of thioether (sulfide) groups is 1. The third kappa shape index (κ3) is 3.75. The summed E-state index contributed by atoms with van der Waals surface area (Å²) in [5.41, 5.74) is 1.04. The van der Waals surface area contributed by atoms with Crippen LogP contribution >= 0.6 is 23.4 Å². The molecule has 0 aliphatic rings. The number of nitrogens with zero attached hydrogens (tertiary/aromatic N) is 2. The van der Waals surface area contributed by atoms with Crippen molar-refractivity contribution in [1.82, 2.24) is 9.97 Å². The highest BCUT2D eigenvalue weighted by Crippen LogP contribution is 2.27. The van der Waals surface area contributed by atoms with Gasteiger partial charge >= 0.3 is 0 Å². The number of rotatable bonds is 5. The van der Waals surface area contributed by atoms with Gasteiger partial charge in [0.15, 0.2) is 5.16 Å². The molecule has 0 radical (unpaired) electrons. The van der Waals surface area contributed by atoms with Crippen LogP contribution in [-0.2, 0) is 5.75 Å². The van der Waals surface area contributed by atoms with E-state index in [9.17, 15) is 0 Å². The number of benzene rings is 1. The maximum absolute atomic E-state index is 6.10. The fourth-order valence-electron chi connectivity index (χ4n) is 1.42. The lowest BCUT2D eigenvalue weighted by Crippen LogP contribution is -1.96. The van der Waals surface area contributed by atoms with Gasteiger partial charge in [-0.05, 0) is 11.6 Å². The molecule has 4 nitrogen and oxygen atoms in total. The lowest BCUT2D eigenvalue weighted by Gasteiger charge is -2.06. The van der Waals surface area contributed by atoms with E-state index in [1.807, 2.05) is 24.3 Å². The second kappa shape index (κ2) is 6.63. The van der Waals surface area contributed by atoms with Gasteiger partial charge in [-0.3, -0.25) is 0 Å². The zero-order valence-corrected chi connectivity index (χ0v) is 12.2. The molecule has 0 fully saturated rings. The quantitative estimate of drug-likeness (QED) is 0.625. The molecule has 0 aliphatic heterocycles. The summed E-state index contributed by atoms with van der Waals surface area (Å²) >= 11 is 7.58. The molecule has 0 spiro atoms. The third-order valence-corrected chi connectivity index (χ3v) is 3.66.